The molecule has 2 aliphatic rings. The molecule has 1 saturated heterocycles. The minimum atomic E-state index is 0.512. The molecule has 118 valence electrons. The van der Waals surface area contributed by atoms with Crippen molar-refractivity contribution < 1.29 is 4.74 Å². The molecule has 1 saturated carbocycles. The van der Waals surface area contributed by atoms with Crippen LogP contribution in [0.3, 0.4) is 0 Å². The SMILES string of the molecule is ClCc1csc(CCCCN2CCOC3CCCCC32)n1. The van der Waals surface area contributed by atoms with Gasteiger partial charge in [-0.05, 0) is 38.6 Å². The lowest BCUT2D eigenvalue weighted by atomic mass is 9.90. The first-order chi connectivity index (χ1) is 10.4. The number of aromatic nitrogens is 1. The number of alkyl halides is 1. The summed E-state index contributed by atoms with van der Waals surface area (Å²) in [7, 11) is 0. The molecule has 0 bridgehead atoms. The van der Waals surface area contributed by atoms with Crippen LogP contribution in [-0.2, 0) is 17.0 Å². The van der Waals surface area contributed by atoms with Gasteiger partial charge in [0.05, 0.1) is 29.3 Å². The topological polar surface area (TPSA) is 25.4 Å². The first-order valence-corrected chi connectivity index (χ1v) is 9.63. The van der Waals surface area contributed by atoms with Gasteiger partial charge in [-0.3, -0.25) is 4.90 Å². The molecule has 0 amide bonds. The summed E-state index contributed by atoms with van der Waals surface area (Å²) in [5.41, 5.74) is 1.02. The van der Waals surface area contributed by atoms with Crippen molar-refractivity contribution in [3.8, 4) is 0 Å². The number of aryl methyl sites for hydroxylation is 1. The van der Waals surface area contributed by atoms with Gasteiger partial charge in [0.15, 0.2) is 0 Å². The van der Waals surface area contributed by atoms with E-state index < -0.39 is 0 Å². The van der Waals surface area contributed by atoms with E-state index in [2.05, 4.69) is 15.3 Å². The van der Waals surface area contributed by atoms with E-state index in [9.17, 15) is 0 Å². The van der Waals surface area contributed by atoms with E-state index in [1.165, 1.54) is 50.1 Å². The predicted octanol–water partition coefficient (Wildman–Crippen LogP) is 3.85. The maximum Gasteiger partial charge on any atom is 0.0928 e. The molecule has 2 heterocycles. The number of morpholine rings is 1. The molecule has 2 atom stereocenters. The number of unbranched alkanes of at least 4 members (excludes halogenated alkanes) is 1. The minimum absolute atomic E-state index is 0.512. The van der Waals surface area contributed by atoms with Gasteiger partial charge in [-0.25, -0.2) is 4.98 Å². The van der Waals surface area contributed by atoms with Crippen molar-refractivity contribution in [1.82, 2.24) is 9.88 Å². The number of thiazole rings is 1. The van der Waals surface area contributed by atoms with Gasteiger partial charge in [0.1, 0.15) is 0 Å². The Labute approximate surface area is 136 Å². The Kier molecular flexibility index (Phi) is 5.92. The fourth-order valence-corrected chi connectivity index (χ4v) is 4.64. The number of ether oxygens (including phenoxy) is 1. The number of hydrogen-bond acceptors (Lipinski definition) is 4. The first-order valence-electron chi connectivity index (χ1n) is 8.21. The molecule has 3 nitrogen and oxygen atoms in total. The molecule has 2 unspecified atom stereocenters. The lowest BCUT2D eigenvalue weighted by Gasteiger charge is -2.43. The van der Waals surface area contributed by atoms with Crippen LogP contribution in [0.25, 0.3) is 0 Å². The second kappa shape index (κ2) is 7.91. The summed E-state index contributed by atoms with van der Waals surface area (Å²) in [5, 5.41) is 3.32. The lowest BCUT2D eigenvalue weighted by molar-refractivity contribution is -0.0882. The zero-order chi connectivity index (χ0) is 14.5. The second-order valence-corrected chi connectivity index (χ2v) is 7.33. The zero-order valence-electron chi connectivity index (χ0n) is 12.6. The molecule has 0 N–H and O–H groups in total. The van der Waals surface area contributed by atoms with Crippen LogP contribution in [0.4, 0.5) is 0 Å². The number of fused-ring (bicyclic) bond motifs is 1. The van der Waals surface area contributed by atoms with Gasteiger partial charge in [0, 0.05) is 18.0 Å². The Balaban J connectivity index is 1.40. The lowest BCUT2D eigenvalue weighted by Crippen LogP contribution is -2.52. The minimum Gasteiger partial charge on any atom is -0.375 e. The fraction of sp³-hybridized carbons (Fsp3) is 0.812. The van der Waals surface area contributed by atoms with Crippen LogP contribution in [-0.4, -0.2) is 41.7 Å². The van der Waals surface area contributed by atoms with Crippen LogP contribution in [0.5, 0.6) is 0 Å². The molecule has 2 fully saturated rings. The molecule has 0 radical (unpaired) electrons. The Morgan fingerprint density at radius 2 is 2.24 bits per heavy atom. The molecular weight excluding hydrogens is 304 g/mol. The van der Waals surface area contributed by atoms with E-state index in [-0.39, 0.29) is 0 Å². The summed E-state index contributed by atoms with van der Waals surface area (Å²) in [4.78, 5) is 7.21. The van der Waals surface area contributed by atoms with Crippen LogP contribution in [0.15, 0.2) is 5.38 Å². The van der Waals surface area contributed by atoms with Crippen molar-refractivity contribution in [2.24, 2.45) is 0 Å². The molecule has 21 heavy (non-hydrogen) atoms. The number of halogens is 1. The Morgan fingerprint density at radius 1 is 1.33 bits per heavy atom. The average Bonchev–Trinajstić information content (AvgIpc) is 3.00. The van der Waals surface area contributed by atoms with Crippen LogP contribution in [0.1, 0.15) is 49.2 Å². The van der Waals surface area contributed by atoms with Gasteiger partial charge in [-0.2, -0.15) is 0 Å². The molecule has 5 heteroatoms. The summed E-state index contributed by atoms with van der Waals surface area (Å²) < 4.78 is 5.94. The third-order valence-corrected chi connectivity index (χ3v) is 5.90. The highest BCUT2D eigenvalue weighted by molar-refractivity contribution is 7.09. The second-order valence-electron chi connectivity index (χ2n) is 6.12. The summed E-state index contributed by atoms with van der Waals surface area (Å²) in [6, 6.07) is 0.690. The average molecular weight is 329 g/mol. The highest BCUT2D eigenvalue weighted by Crippen LogP contribution is 2.28. The quantitative estimate of drug-likeness (QED) is 0.586. The number of nitrogens with zero attached hydrogens (tertiary/aromatic N) is 2. The Hall–Kier alpha value is -0.160. The molecule has 1 aromatic rings. The van der Waals surface area contributed by atoms with Gasteiger partial charge >= 0.3 is 0 Å². The summed E-state index contributed by atoms with van der Waals surface area (Å²) in [5.74, 6) is 0.535. The van der Waals surface area contributed by atoms with Crippen molar-refractivity contribution in [3.05, 3.63) is 16.1 Å². The van der Waals surface area contributed by atoms with E-state index in [1.807, 2.05) is 0 Å². The Morgan fingerprint density at radius 3 is 3.10 bits per heavy atom. The molecule has 1 aliphatic heterocycles. The van der Waals surface area contributed by atoms with Gasteiger partial charge in [0.25, 0.3) is 0 Å². The van der Waals surface area contributed by atoms with Crippen LogP contribution < -0.4 is 0 Å². The maximum absolute atomic E-state index is 5.94. The first kappa shape index (κ1) is 15.7. The van der Waals surface area contributed by atoms with Crippen molar-refractivity contribution in [3.63, 3.8) is 0 Å². The molecular formula is C16H25ClN2OS. The van der Waals surface area contributed by atoms with Gasteiger partial charge in [-0.1, -0.05) is 12.8 Å². The molecule has 0 aromatic carbocycles. The molecule has 1 aromatic heterocycles. The summed E-state index contributed by atoms with van der Waals surface area (Å²) >= 11 is 7.54. The zero-order valence-corrected chi connectivity index (χ0v) is 14.2. The van der Waals surface area contributed by atoms with Crippen LogP contribution in [0.2, 0.25) is 0 Å². The van der Waals surface area contributed by atoms with Crippen molar-refractivity contribution in [1.29, 1.82) is 0 Å². The van der Waals surface area contributed by atoms with Crippen LogP contribution in [0, 0.1) is 0 Å². The fourth-order valence-electron chi connectivity index (χ4n) is 3.57. The third kappa shape index (κ3) is 4.19. The van der Waals surface area contributed by atoms with Gasteiger partial charge in [-0.15, -0.1) is 22.9 Å². The largest absolute Gasteiger partial charge is 0.375 e. The molecule has 3 rings (SSSR count). The van der Waals surface area contributed by atoms with E-state index >= 15 is 0 Å². The summed E-state index contributed by atoms with van der Waals surface area (Å²) in [6.07, 6.45) is 9.42. The number of hydrogen-bond donors (Lipinski definition) is 0. The predicted molar refractivity (Wildman–Crippen MR) is 88.2 cm³/mol. The van der Waals surface area contributed by atoms with Crippen molar-refractivity contribution >= 4 is 22.9 Å². The van der Waals surface area contributed by atoms with Crippen LogP contribution >= 0.6 is 22.9 Å². The van der Waals surface area contributed by atoms with Crippen molar-refractivity contribution in [2.45, 2.75) is 63.0 Å². The van der Waals surface area contributed by atoms with E-state index in [0.29, 0.717) is 18.0 Å². The summed E-state index contributed by atoms with van der Waals surface area (Å²) in [6.45, 7) is 3.26. The maximum atomic E-state index is 5.94. The van der Waals surface area contributed by atoms with Crippen molar-refractivity contribution in [2.75, 3.05) is 19.7 Å². The van der Waals surface area contributed by atoms with Gasteiger partial charge in [0.2, 0.25) is 0 Å². The monoisotopic (exact) mass is 328 g/mol. The van der Waals surface area contributed by atoms with E-state index in [0.717, 1.165) is 25.3 Å². The molecule has 1 aliphatic carbocycles. The standard InChI is InChI=1S/C16H25ClN2OS/c17-11-13-12-21-16(18-13)7-3-4-8-19-9-10-20-15-6-2-1-5-14(15)19/h12,14-15H,1-11H2. The Bertz CT molecular complexity index is 438. The highest BCUT2D eigenvalue weighted by Gasteiger charge is 2.33. The van der Waals surface area contributed by atoms with E-state index in [4.69, 9.17) is 16.3 Å². The molecule has 0 spiro atoms. The van der Waals surface area contributed by atoms with E-state index in [1.54, 1.807) is 11.3 Å². The normalized spacial score (nSPS) is 26.7. The smallest absolute Gasteiger partial charge is 0.0928 e. The third-order valence-electron chi connectivity index (χ3n) is 4.67. The highest BCUT2D eigenvalue weighted by atomic mass is 35.5. The van der Waals surface area contributed by atoms with Gasteiger partial charge < -0.3 is 4.74 Å². The number of rotatable bonds is 6.